The number of carbonyl (C=O) groups excluding carboxylic acids is 1. The summed E-state index contributed by atoms with van der Waals surface area (Å²) in [6.45, 7) is 5.94. The van der Waals surface area contributed by atoms with Crippen molar-refractivity contribution in [1.82, 2.24) is 14.8 Å². The Morgan fingerprint density at radius 1 is 1.08 bits per heavy atom. The second-order valence-corrected chi connectivity index (χ2v) is 7.60. The zero-order valence-corrected chi connectivity index (χ0v) is 16.2. The molecule has 0 spiro atoms. The van der Waals surface area contributed by atoms with Gasteiger partial charge in [-0.2, -0.15) is 0 Å². The Balaban J connectivity index is 1.71. The number of amides is 1. The number of thioether (sulfide) groups is 1. The largest absolute Gasteiger partial charge is 0.325 e. The fourth-order valence-electron chi connectivity index (χ4n) is 2.57. The Labute approximate surface area is 157 Å². The zero-order valence-electron chi connectivity index (χ0n) is 15.4. The molecule has 0 aliphatic carbocycles. The van der Waals surface area contributed by atoms with Crippen LogP contribution in [-0.4, -0.2) is 25.9 Å². The number of rotatable bonds is 5. The molecule has 3 aromatic rings. The molecule has 2 aromatic carbocycles. The number of nitrogens with zero attached hydrogens (tertiary/aromatic N) is 3. The van der Waals surface area contributed by atoms with Gasteiger partial charge in [-0.05, 0) is 38.5 Å². The Morgan fingerprint density at radius 2 is 1.77 bits per heavy atom. The molecular weight excluding hydrogens is 344 g/mol. The average molecular weight is 366 g/mol. The molecule has 1 amide bonds. The second kappa shape index (κ2) is 7.74. The van der Waals surface area contributed by atoms with Crippen molar-refractivity contribution in [3.05, 3.63) is 59.7 Å². The van der Waals surface area contributed by atoms with E-state index < -0.39 is 0 Å². The van der Waals surface area contributed by atoms with Gasteiger partial charge in [0, 0.05) is 18.3 Å². The first-order valence-corrected chi connectivity index (χ1v) is 9.33. The van der Waals surface area contributed by atoms with Gasteiger partial charge in [0.25, 0.3) is 0 Å². The summed E-state index contributed by atoms with van der Waals surface area (Å²) in [5.74, 6) is 0.746. The minimum absolute atomic E-state index is 0.0562. The van der Waals surface area contributed by atoms with Gasteiger partial charge in [-0.1, -0.05) is 53.7 Å². The monoisotopic (exact) mass is 366 g/mol. The van der Waals surface area contributed by atoms with E-state index in [0.29, 0.717) is 0 Å². The molecule has 134 valence electrons. The lowest BCUT2D eigenvalue weighted by Gasteiger charge is -2.12. The molecule has 0 aliphatic heterocycles. The SMILES string of the molecule is Cc1ccc(NC(=O)[C@@H](C)Sc2nnc(-c3ccccc3C)n2C)cc1. The van der Waals surface area contributed by atoms with Crippen LogP contribution in [0.4, 0.5) is 5.69 Å². The van der Waals surface area contributed by atoms with E-state index in [0.717, 1.165) is 33.4 Å². The lowest BCUT2D eigenvalue weighted by atomic mass is 10.1. The van der Waals surface area contributed by atoms with E-state index in [-0.39, 0.29) is 11.2 Å². The van der Waals surface area contributed by atoms with Gasteiger partial charge in [-0.3, -0.25) is 4.79 Å². The summed E-state index contributed by atoms with van der Waals surface area (Å²) in [6.07, 6.45) is 0. The number of carbonyl (C=O) groups is 1. The quantitative estimate of drug-likeness (QED) is 0.687. The number of aryl methyl sites for hydroxylation is 2. The Bertz CT molecular complexity index is 918. The van der Waals surface area contributed by atoms with Crippen LogP contribution in [-0.2, 0) is 11.8 Å². The van der Waals surface area contributed by atoms with E-state index in [2.05, 4.69) is 28.5 Å². The van der Waals surface area contributed by atoms with Crippen LogP contribution in [0, 0.1) is 13.8 Å². The molecule has 0 fully saturated rings. The molecule has 1 aromatic heterocycles. The van der Waals surface area contributed by atoms with Crippen molar-refractivity contribution in [2.45, 2.75) is 31.2 Å². The molecule has 0 aliphatic rings. The van der Waals surface area contributed by atoms with Crippen LogP contribution >= 0.6 is 11.8 Å². The summed E-state index contributed by atoms with van der Waals surface area (Å²) in [5, 5.41) is 12.0. The number of hydrogen-bond donors (Lipinski definition) is 1. The van der Waals surface area contributed by atoms with E-state index >= 15 is 0 Å². The predicted molar refractivity (Wildman–Crippen MR) is 106 cm³/mol. The third-order valence-corrected chi connectivity index (χ3v) is 5.33. The molecule has 0 saturated heterocycles. The molecule has 3 rings (SSSR count). The van der Waals surface area contributed by atoms with Gasteiger partial charge < -0.3 is 9.88 Å². The Kier molecular flexibility index (Phi) is 5.42. The van der Waals surface area contributed by atoms with E-state index in [1.54, 1.807) is 0 Å². The van der Waals surface area contributed by atoms with Crippen LogP contribution in [0.15, 0.2) is 53.7 Å². The summed E-state index contributed by atoms with van der Waals surface area (Å²) >= 11 is 1.40. The van der Waals surface area contributed by atoms with Crippen LogP contribution in [0.3, 0.4) is 0 Å². The lowest BCUT2D eigenvalue weighted by molar-refractivity contribution is -0.115. The van der Waals surface area contributed by atoms with Crippen molar-refractivity contribution in [2.75, 3.05) is 5.32 Å². The molecular formula is C20H22N4OS. The van der Waals surface area contributed by atoms with Gasteiger partial charge in [-0.25, -0.2) is 0 Å². The standard InChI is InChI=1S/C20H22N4OS/c1-13-9-11-16(12-10-13)21-19(25)15(3)26-20-23-22-18(24(20)4)17-8-6-5-7-14(17)2/h5-12,15H,1-4H3,(H,21,25)/t15-/m1/s1. The normalized spacial score (nSPS) is 12.0. The average Bonchev–Trinajstić information content (AvgIpc) is 2.98. The molecule has 1 N–H and O–H groups in total. The summed E-state index contributed by atoms with van der Waals surface area (Å²) < 4.78 is 1.93. The Hall–Kier alpha value is -2.60. The molecule has 1 atom stereocenters. The number of nitrogens with one attached hydrogen (secondary N) is 1. The van der Waals surface area contributed by atoms with Gasteiger partial charge in [-0.15, -0.1) is 10.2 Å². The zero-order chi connectivity index (χ0) is 18.7. The summed E-state index contributed by atoms with van der Waals surface area (Å²) in [7, 11) is 1.93. The summed E-state index contributed by atoms with van der Waals surface area (Å²) in [6, 6.07) is 15.8. The number of hydrogen-bond acceptors (Lipinski definition) is 4. The molecule has 0 radical (unpaired) electrons. The van der Waals surface area contributed by atoms with Crippen LogP contribution < -0.4 is 5.32 Å². The lowest BCUT2D eigenvalue weighted by Crippen LogP contribution is -2.22. The summed E-state index contributed by atoms with van der Waals surface area (Å²) in [5.41, 5.74) is 4.15. The second-order valence-electron chi connectivity index (χ2n) is 6.30. The minimum atomic E-state index is -0.288. The highest BCUT2D eigenvalue weighted by Crippen LogP contribution is 2.27. The first kappa shape index (κ1) is 18.2. The highest BCUT2D eigenvalue weighted by atomic mass is 32.2. The molecule has 26 heavy (non-hydrogen) atoms. The van der Waals surface area contributed by atoms with E-state index in [9.17, 15) is 4.79 Å². The van der Waals surface area contributed by atoms with E-state index in [4.69, 9.17) is 0 Å². The minimum Gasteiger partial charge on any atom is -0.325 e. The van der Waals surface area contributed by atoms with E-state index in [1.807, 2.05) is 67.9 Å². The van der Waals surface area contributed by atoms with Crippen LogP contribution in [0.5, 0.6) is 0 Å². The third kappa shape index (κ3) is 3.96. The topological polar surface area (TPSA) is 59.8 Å². The van der Waals surface area contributed by atoms with Crippen molar-refractivity contribution >= 4 is 23.4 Å². The molecule has 0 saturated carbocycles. The van der Waals surface area contributed by atoms with Gasteiger partial charge in [0.15, 0.2) is 11.0 Å². The van der Waals surface area contributed by atoms with Crippen molar-refractivity contribution in [3.8, 4) is 11.4 Å². The first-order valence-electron chi connectivity index (χ1n) is 8.45. The maximum Gasteiger partial charge on any atom is 0.237 e. The Morgan fingerprint density at radius 3 is 2.46 bits per heavy atom. The molecule has 0 unspecified atom stereocenters. The molecule has 0 bridgehead atoms. The van der Waals surface area contributed by atoms with Gasteiger partial charge >= 0.3 is 0 Å². The van der Waals surface area contributed by atoms with Crippen molar-refractivity contribution in [3.63, 3.8) is 0 Å². The highest BCUT2D eigenvalue weighted by Gasteiger charge is 2.20. The predicted octanol–water partition coefficient (Wildman–Crippen LogP) is 4.22. The molecule has 5 nitrogen and oxygen atoms in total. The number of benzene rings is 2. The van der Waals surface area contributed by atoms with Crippen LogP contribution in [0.1, 0.15) is 18.1 Å². The maximum atomic E-state index is 12.5. The smallest absolute Gasteiger partial charge is 0.237 e. The maximum absolute atomic E-state index is 12.5. The van der Waals surface area contributed by atoms with Crippen LogP contribution in [0.25, 0.3) is 11.4 Å². The van der Waals surface area contributed by atoms with Gasteiger partial charge in [0.05, 0.1) is 5.25 Å². The van der Waals surface area contributed by atoms with Crippen molar-refractivity contribution < 1.29 is 4.79 Å². The fraction of sp³-hybridized carbons (Fsp3) is 0.250. The fourth-order valence-corrected chi connectivity index (χ4v) is 3.38. The highest BCUT2D eigenvalue weighted by molar-refractivity contribution is 8.00. The van der Waals surface area contributed by atoms with Gasteiger partial charge in [0.1, 0.15) is 0 Å². The van der Waals surface area contributed by atoms with Crippen molar-refractivity contribution in [1.29, 1.82) is 0 Å². The first-order chi connectivity index (χ1) is 12.5. The van der Waals surface area contributed by atoms with Gasteiger partial charge in [0.2, 0.25) is 5.91 Å². The van der Waals surface area contributed by atoms with Crippen LogP contribution in [0.2, 0.25) is 0 Å². The summed E-state index contributed by atoms with van der Waals surface area (Å²) in [4.78, 5) is 12.5. The van der Waals surface area contributed by atoms with E-state index in [1.165, 1.54) is 11.8 Å². The molecule has 1 heterocycles. The van der Waals surface area contributed by atoms with Crippen molar-refractivity contribution in [2.24, 2.45) is 7.05 Å². The number of aromatic nitrogens is 3. The third-order valence-electron chi connectivity index (χ3n) is 4.19. The number of anilines is 1. The molecule has 6 heteroatoms.